The van der Waals surface area contributed by atoms with Gasteiger partial charge in [-0.05, 0) is 38.5 Å². The third-order valence-corrected chi connectivity index (χ3v) is 2.95. The molecule has 2 N–H and O–H groups in total. The van der Waals surface area contributed by atoms with E-state index in [1.165, 1.54) is 4.90 Å². The molecular weight excluding hydrogens is 308 g/mol. The smallest absolute Gasteiger partial charge is 0.410 e. The van der Waals surface area contributed by atoms with Crippen molar-refractivity contribution in [3.63, 3.8) is 0 Å². The number of hydrogen-bond donors (Lipinski definition) is 2. The van der Waals surface area contributed by atoms with Gasteiger partial charge in [-0.3, -0.25) is 0 Å². The maximum Gasteiger partial charge on any atom is 0.410 e. The first-order valence-electron chi connectivity index (χ1n) is 7.66. The second kappa shape index (κ2) is 8.77. The molecule has 0 unspecified atom stereocenters. The number of nitriles is 1. The summed E-state index contributed by atoms with van der Waals surface area (Å²) in [6.07, 6.45) is -0.432. The van der Waals surface area contributed by atoms with Crippen molar-refractivity contribution < 1.29 is 14.3 Å². The highest BCUT2D eigenvalue weighted by Crippen LogP contribution is 2.08. The SMILES string of the molecule is CN(CCNC(=O)NCc1cccc(C#N)c1)C(=O)OC(C)(C)C. The van der Waals surface area contributed by atoms with E-state index in [0.717, 1.165) is 5.56 Å². The van der Waals surface area contributed by atoms with Crippen LogP contribution >= 0.6 is 0 Å². The Labute approximate surface area is 142 Å². The number of carbonyl (C=O) groups excluding carboxylic acids is 2. The van der Waals surface area contributed by atoms with Crippen molar-refractivity contribution >= 4 is 12.1 Å². The summed E-state index contributed by atoms with van der Waals surface area (Å²) in [5, 5.41) is 14.2. The number of nitrogens with zero attached hydrogens (tertiary/aromatic N) is 2. The Hall–Kier alpha value is -2.75. The van der Waals surface area contributed by atoms with E-state index >= 15 is 0 Å². The van der Waals surface area contributed by atoms with E-state index in [-0.39, 0.29) is 6.03 Å². The molecule has 1 aromatic carbocycles. The van der Waals surface area contributed by atoms with Crippen LogP contribution in [0.15, 0.2) is 24.3 Å². The molecule has 0 atom stereocenters. The monoisotopic (exact) mass is 332 g/mol. The quantitative estimate of drug-likeness (QED) is 0.864. The van der Waals surface area contributed by atoms with E-state index in [1.54, 1.807) is 46.0 Å². The molecule has 0 fully saturated rings. The fraction of sp³-hybridized carbons (Fsp3) is 0.471. The van der Waals surface area contributed by atoms with Gasteiger partial charge in [-0.1, -0.05) is 12.1 Å². The maximum absolute atomic E-state index is 11.8. The van der Waals surface area contributed by atoms with Crippen LogP contribution in [0, 0.1) is 11.3 Å². The Balaban J connectivity index is 2.29. The Morgan fingerprint density at radius 2 is 2.00 bits per heavy atom. The molecule has 24 heavy (non-hydrogen) atoms. The van der Waals surface area contributed by atoms with Gasteiger partial charge >= 0.3 is 12.1 Å². The van der Waals surface area contributed by atoms with Gasteiger partial charge in [0.2, 0.25) is 0 Å². The topological polar surface area (TPSA) is 94.5 Å². The summed E-state index contributed by atoms with van der Waals surface area (Å²) in [7, 11) is 1.61. The predicted molar refractivity (Wildman–Crippen MR) is 90.3 cm³/mol. The fourth-order valence-electron chi connectivity index (χ4n) is 1.76. The number of nitrogens with one attached hydrogen (secondary N) is 2. The third-order valence-electron chi connectivity index (χ3n) is 2.95. The minimum atomic E-state index is -0.548. The van der Waals surface area contributed by atoms with Crippen LogP contribution in [0.3, 0.4) is 0 Å². The Kier molecular flexibility index (Phi) is 7.05. The summed E-state index contributed by atoms with van der Waals surface area (Å²) in [5.41, 5.74) is 0.845. The average molecular weight is 332 g/mol. The molecule has 7 nitrogen and oxygen atoms in total. The van der Waals surface area contributed by atoms with Crippen LogP contribution in [0.2, 0.25) is 0 Å². The van der Waals surface area contributed by atoms with Gasteiger partial charge in [-0.2, -0.15) is 5.26 Å². The summed E-state index contributed by atoms with van der Waals surface area (Å²) >= 11 is 0. The molecule has 1 rings (SSSR count). The molecule has 7 heteroatoms. The molecule has 0 heterocycles. The number of urea groups is 1. The van der Waals surface area contributed by atoms with Crippen molar-refractivity contribution in [1.82, 2.24) is 15.5 Å². The van der Waals surface area contributed by atoms with E-state index in [9.17, 15) is 9.59 Å². The Morgan fingerprint density at radius 1 is 1.29 bits per heavy atom. The highest BCUT2D eigenvalue weighted by Gasteiger charge is 2.19. The molecule has 0 spiro atoms. The Bertz CT molecular complexity index is 617. The van der Waals surface area contributed by atoms with Crippen LogP contribution in [-0.4, -0.2) is 42.8 Å². The van der Waals surface area contributed by atoms with Crippen LogP contribution < -0.4 is 10.6 Å². The molecule has 0 aromatic heterocycles. The number of likely N-dealkylation sites (N-methyl/N-ethyl adjacent to an activating group) is 1. The summed E-state index contributed by atoms with van der Waals surface area (Å²) in [5.74, 6) is 0. The minimum Gasteiger partial charge on any atom is -0.444 e. The molecule has 0 aliphatic heterocycles. The number of hydrogen-bond acceptors (Lipinski definition) is 4. The zero-order valence-electron chi connectivity index (χ0n) is 14.5. The summed E-state index contributed by atoms with van der Waals surface area (Å²) in [6, 6.07) is 8.73. The molecule has 0 aliphatic rings. The van der Waals surface area contributed by atoms with Crippen LogP contribution in [0.25, 0.3) is 0 Å². The lowest BCUT2D eigenvalue weighted by atomic mass is 10.1. The molecular formula is C17H24N4O3. The lowest BCUT2D eigenvalue weighted by molar-refractivity contribution is 0.0301. The zero-order valence-corrected chi connectivity index (χ0v) is 14.5. The predicted octanol–water partition coefficient (Wildman–Crippen LogP) is 2.22. The number of carbonyl (C=O) groups is 2. The third kappa shape index (κ3) is 7.49. The molecule has 0 aliphatic carbocycles. The summed E-state index contributed by atoms with van der Waals surface area (Å²) in [4.78, 5) is 24.9. The van der Waals surface area contributed by atoms with E-state index in [1.807, 2.05) is 6.07 Å². The zero-order chi connectivity index (χ0) is 18.2. The van der Waals surface area contributed by atoms with Crippen molar-refractivity contribution in [2.75, 3.05) is 20.1 Å². The van der Waals surface area contributed by atoms with Gasteiger partial charge in [0, 0.05) is 26.7 Å². The van der Waals surface area contributed by atoms with Gasteiger partial charge in [0.05, 0.1) is 11.6 Å². The second-order valence-corrected chi connectivity index (χ2v) is 6.32. The van der Waals surface area contributed by atoms with Crippen LogP contribution in [0.4, 0.5) is 9.59 Å². The van der Waals surface area contributed by atoms with Crippen LogP contribution in [0.1, 0.15) is 31.9 Å². The molecule has 0 radical (unpaired) electrons. The first-order chi connectivity index (χ1) is 11.2. The molecule has 3 amide bonds. The summed E-state index contributed by atoms with van der Waals surface area (Å²) in [6.45, 7) is 6.36. The first-order valence-corrected chi connectivity index (χ1v) is 7.66. The molecule has 0 saturated carbocycles. The highest BCUT2D eigenvalue weighted by atomic mass is 16.6. The fourth-order valence-corrected chi connectivity index (χ4v) is 1.76. The van der Waals surface area contributed by atoms with Crippen molar-refractivity contribution in [3.8, 4) is 6.07 Å². The lowest BCUT2D eigenvalue weighted by Crippen LogP contribution is -2.42. The van der Waals surface area contributed by atoms with Gasteiger partial charge in [0.15, 0.2) is 0 Å². The average Bonchev–Trinajstić information content (AvgIpc) is 2.51. The largest absolute Gasteiger partial charge is 0.444 e. The summed E-state index contributed by atoms with van der Waals surface area (Å²) < 4.78 is 5.22. The standard InChI is InChI=1S/C17H24N4O3/c1-17(2,3)24-16(23)21(4)9-8-19-15(22)20-12-14-7-5-6-13(10-14)11-18/h5-7,10H,8-9,12H2,1-4H3,(H2,19,20,22). The van der Waals surface area contributed by atoms with Crippen molar-refractivity contribution in [2.24, 2.45) is 0 Å². The normalized spacial score (nSPS) is 10.5. The number of amides is 3. The van der Waals surface area contributed by atoms with Crippen molar-refractivity contribution in [3.05, 3.63) is 35.4 Å². The molecule has 0 bridgehead atoms. The Morgan fingerprint density at radius 3 is 2.62 bits per heavy atom. The molecule has 0 saturated heterocycles. The van der Waals surface area contributed by atoms with Crippen LogP contribution in [0.5, 0.6) is 0 Å². The van der Waals surface area contributed by atoms with E-state index in [0.29, 0.717) is 25.2 Å². The highest BCUT2D eigenvalue weighted by molar-refractivity contribution is 5.74. The van der Waals surface area contributed by atoms with Gasteiger partial charge in [-0.15, -0.1) is 0 Å². The van der Waals surface area contributed by atoms with Crippen LogP contribution in [-0.2, 0) is 11.3 Å². The van der Waals surface area contributed by atoms with E-state index < -0.39 is 11.7 Å². The van der Waals surface area contributed by atoms with Crippen molar-refractivity contribution in [2.45, 2.75) is 32.9 Å². The number of benzene rings is 1. The van der Waals surface area contributed by atoms with E-state index in [2.05, 4.69) is 16.7 Å². The first kappa shape index (κ1) is 19.3. The number of ether oxygens (including phenoxy) is 1. The van der Waals surface area contributed by atoms with Gasteiger partial charge < -0.3 is 20.3 Å². The van der Waals surface area contributed by atoms with Gasteiger partial charge in [-0.25, -0.2) is 9.59 Å². The molecule has 130 valence electrons. The van der Waals surface area contributed by atoms with Crippen molar-refractivity contribution in [1.29, 1.82) is 5.26 Å². The lowest BCUT2D eigenvalue weighted by Gasteiger charge is -2.24. The van der Waals surface area contributed by atoms with Gasteiger partial charge in [0.1, 0.15) is 5.60 Å². The number of rotatable bonds is 5. The molecule has 1 aromatic rings. The maximum atomic E-state index is 11.8. The second-order valence-electron chi connectivity index (χ2n) is 6.32. The van der Waals surface area contributed by atoms with Gasteiger partial charge in [0.25, 0.3) is 0 Å². The minimum absolute atomic E-state index is 0.305. The van der Waals surface area contributed by atoms with E-state index in [4.69, 9.17) is 10.00 Å².